The van der Waals surface area contributed by atoms with Crippen LogP contribution >= 0.6 is 11.3 Å². The van der Waals surface area contributed by atoms with Crippen molar-refractivity contribution in [2.24, 2.45) is 11.1 Å². The number of nitriles is 1. The van der Waals surface area contributed by atoms with Crippen molar-refractivity contribution in [2.75, 3.05) is 4.90 Å². The first-order valence-corrected chi connectivity index (χ1v) is 9.93. The number of nitrogens with two attached hydrogens (primary N) is 1. The third-order valence-corrected chi connectivity index (χ3v) is 6.37. The standard InChI is InChI=1S/C20H22N6OS/c1-10-5-12(11(2)28-10)16-13(8-21)18(22)26(19-23-9-24-25-19)14-6-20(3,4)7-15(27)17(14)16/h5,9,16H,6-7,22H2,1-4H3,(H,23,24,25). The molecule has 3 heterocycles. The van der Waals surface area contributed by atoms with Gasteiger partial charge in [0.2, 0.25) is 5.95 Å². The van der Waals surface area contributed by atoms with Crippen LogP contribution in [0, 0.1) is 30.6 Å². The lowest BCUT2D eigenvalue weighted by atomic mass is 9.68. The Bertz CT molecular complexity index is 1070. The van der Waals surface area contributed by atoms with Crippen molar-refractivity contribution < 1.29 is 4.79 Å². The SMILES string of the molecule is Cc1cc(C2C(C#N)=C(N)N(c3ncn[nH]3)C3=C2C(=O)CC(C)(C)C3)c(C)s1. The number of aryl methyl sites for hydroxylation is 2. The van der Waals surface area contributed by atoms with Gasteiger partial charge in [0.25, 0.3) is 0 Å². The number of hydrogen-bond donors (Lipinski definition) is 2. The van der Waals surface area contributed by atoms with Gasteiger partial charge in [-0.05, 0) is 37.3 Å². The van der Waals surface area contributed by atoms with Gasteiger partial charge in [-0.15, -0.1) is 11.3 Å². The quantitative estimate of drug-likeness (QED) is 0.807. The molecule has 1 aliphatic heterocycles. The molecule has 1 unspecified atom stereocenters. The zero-order valence-electron chi connectivity index (χ0n) is 16.3. The molecule has 0 bridgehead atoms. The fourth-order valence-electron chi connectivity index (χ4n) is 4.31. The van der Waals surface area contributed by atoms with Crippen molar-refractivity contribution in [3.05, 3.63) is 50.4 Å². The molecule has 8 heteroatoms. The first kappa shape index (κ1) is 18.4. The highest BCUT2D eigenvalue weighted by Crippen LogP contribution is 2.50. The van der Waals surface area contributed by atoms with Gasteiger partial charge in [-0.1, -0.05) is 13.8 Å². The smallest absolute Gasteiger partial charge is 0.231 e. The fourth-order valence-corrected chi connectivity index (χ4v) is 5.27. The number of H-pyrrole nitrogens is 1. The summed E-state index contributed by atoms with van der Waals surface area (Å²) >= 11 is 1.67. The molecule has 1 atom stereocenters. The van der Waals surface area contributed by atoms with Crippen LogP contribution < -0.4 is 10.6 Å². The summed E-state index contributed by atoms with van der Waals surface area (Å²) in [5, 5.41) is 16.7. The van der Waals surface area contributed by atoms with Crippen LogP contribution in [0.3, 0.4) is 0 Å². The molecular weight excluding hydrogens is 372 g/mol. The summed E-state index contributed by atoms with van der Waals surface area (Å²) in [5.41, 5.74) is 9.13. The van der Waals surface area contributed by atoms with Crippen LogP contribution in [0.5, 0.6) is 0 Å². The second-order valence-corrected chi connectivity index (χ2v) is 9.62. The van der Waals surface area contributed by atoms with Crippen LogP contribution in [-0.4, -0.2) is 21.0 Å². The first-order chi connectivity index (χ1) is 13.2. The number of rotatable bonds is 2. The number of anilines is 1. The molecule has 4 rings (SSSR count). The molecule has 2 aliphatic rings. The number of carbonyl (C=O) groups excluding carboxylic acids is 1. The minimum absolute atomic E-state index is 0.0595. The number of allylic oxidation sites excluding steroid dienone is 3. The molecule has 3 N–H and O–H groups in total. The third kappa shape index (κ3) is 2.74. The molecule has 1 aliphatic carbocycles. The van der Waals surface area contributed by atoms with E-state index in [1.54, 1.807) is 16.2 Å². The molecule has 0 saturated heterocycles. The lowest BCUT2D eigenvalue weighted by Crippen LogP contribution is -2.42. The monoisotopic (exact) mass is 394 g/mol. The maximum Gasteiger partial charge on any atom is 0.231 e. The van der Waals surface area contributed by atoms with Crippen molar-refractivity contribution in [1.82, 2.24) is 15.2 Å². The molecule has 144 valence electrons. The highest BCUT2D eigenvalue weighted by atomic mass is 32.1. The number of Topliss-reactive ketones (excluding diaryl/α,β-unsaturated/α-hetero) is 1. The summed E-state index contributed by atoms with van der Waals surface area (Å²) in [7, 11) is 0. The van der Waals surface area contributed by atoms with Crippen molar-refractivity contribution >= 4 is 23.1 Å². The Kier molecular flexibility index (Phi) is 4.16. The van der Waals surface area contributed by atoms with Crippen LogP contribution in [0.4, 0.5) is 5.95 Å². The first-order valence-electron chi connectivity index (χ1n) is 9.12. The summed E-state index contributed by atoms with van der Waals surface area (Å²) in [5.74, 6) is 0.341. The Hall–Kier alpha value is -2.92. The summed E-state index contributed by atoms with van der Waals surface area (Å²) in [6, 6.07) is 4.34. The van der Waals surface area contributed by atoms with Gasteiger partial charge in [0.1, 0.15) is 12.1 Å². The van der Waals surface area contributed by atoms with E-state index in [0.29, 0.717) is 35.8 Å². The largest absolute Gasteiger partial charge is 0.384 e. The van der Waals surface area contributed by atoms with Gasteiger partial charge in [0.15, 0.2) is 5.78 Å². The summed E-state index contributed by atoms with van der Waals surface area (Å²) in [6.07, 6.45) is 2.49. The zero-order valence-corrected chi connectivity index (χ0v) is 17.1. The average molecular weight is 395 g/mol. The number of aromatic nitrogens is 3. The van der Waals surface area contributed by atoms with Gasteiger partial charge in [-0.3, -0.25) is 9.69 Å². The van der Waals surface area contributed by atoms with Crippen molar-refractivity contribution in [3.63, 3.8) is 0 Å². The number of ketones is 1. The molecule has 0 aromatic carbocycles. The van der Waals surface area contributed by atoms with Gasteiger partial charge in [-0.2, -0.15) is 15.3 Å². The summed E-state index contributed by atoms with van der Waals surface area (Å²) in [6.45, 7) is 8.20. The van der Waals surface area contributed by atoms with E-state index in [4.69, 9.17) is 5.73 Å². The van der Waals surface area contributed by atoms with E-state index in [1.807, 2.05) is 13.8 Å². The maximum atomic E-state index is 13.3. The topological polar surface area (TPSA) is 112 Å². The molecule has 0 spiro atoms. The lowest BCUT2D eigenvalue weighted by Gasteiger charge is -2.42. The molecular formula is C20H22N6OS. The second-order valence-electron chi connectivity index (χ2n) is 8.16. The van der Waals surface area contributed by atoms with Crippen LogP contribution in [0.1, 0.15) is 47.9 Å². The number of nitrogens with zero attached hydrogens (tertiary/aromatic N) is 4. The van der Waals surface area contributed by atoms with Gasteiger partial charge in [0.05, 0.1) is 17.6 Å². The van der Waals surface area contributed by atoms with E-state index in [1.165, 1.54) is 6.33 Å². The molecule has 0 amide bonds. The Labute approximate surface area is 167 Å². The molecule has 0 saturated carbocycles. The van der Waals surface area contributed by atoms with E-state index >= 15 is 0 Å². The van der Waals surface area contributed by atoms with E-state index in [-0.39, 0.29) is 11.2 Å². The number of carbonyl (C=O) groups is 1. The molecule has 7 nitrogen and oxygen atoms in total. The average Bonchev–Trinajstić information content (AvgIpc) is 3.22. The Morgan fingerprint density at radius 1 is 1.39 bits per heavy atom. The predicted molar refractivity (Wildman–Crippen MR) is 107 cm³/mol. The Balaban J connectivity index is 2.02. The Morgan fingerprint density at radius 2 is 2.14 bits per heavy atom. The number of hydrogen-bond acceptors (Lipinski definition) is 7. The highest BCUT2D eigenvalue weighted by molar-refractivity contribution is 7.12. The summed E-state index contributed by atoms with van der Waals surface area (Å²) in [4.78, 5) is 21.5. The number of aromatic amines is 1. The molecule has 0 fully saturated rings. The zero-order chi connectivity index (χ0) is 20.2. The van der Waals surface area contributed by atoms with Crippen molar-refractivity contribution in [1.29, 1.82) is 5.26 Å². The van der Waals surface area contributed by atoms with Gasteiger partial charge in [0, 0.05) is 27.4 Å². The van der Waals surface area contributed by atoms with Crippen LogP contribution in [-0.2, 0) is 4.79 Å². The van der Waals surface area contributed by atoms with Crippen molar-refractivity contribution in [3.8, 4) is 6.07 Å². The van der Waals surface area contributed by atoms with E-state index in [0.717, 1.165) is 21.0 Å². The third-order valence-electron chi connectivity index (χ3n) is 5.39. The van der Waals surface area contributed by atoms with Gasteiger partial charge in [-0.25, -0.2) is 5.10 Å². The van der Waals surface area contributed by atoms with Gasteiger partial charge < -0.3 is 5.73 Å². The number of nitrogens with one attached hydrogen (secondary N) is 1. The Morgan fingerprint density at radius 3 is 2.71 bits per heavy atom. The molecule has 2 aromatic rings. The molecule has 0 radical (unpaired) electrons. The predicted octanol–water partition coefficient (Wildman–Crippen LogP) is 3.42. The highest BCUT2D eigenvalue weighted by Gasteiger charge is 2.45. The van der Waals surface area contributed by atoms with E-state index in [9.17, 15) is 10.1 Å². The van der Waals surface area contributed by atoms with E-state index < -0.39 is 5.92 Å². The van der Waals surface area contributed by atoms with Crippen molar-refractivity contribution in [2.45, 2.75) is 46.5 Å². The van der Waals surface area contributed by atoms with Gasteiger partial charge >= 0.3 is 0 Å². The van der Waals surface area contributed by atoms with E-state index in [2.05, 4.69) is 41.2 Å². The minimum Gasteiger partial charge on any atom is -0.384 e. The molecule has 2 aromatic heterocycles. The number of thiophene rings is 1. The van der Waals surface area contributed by atoms with Crippen LogP contribution in [0.2, 0.25) is 0 Å². The normalized spacial score (nSPS) is 21.8. The second kappa shape index (κ2) is 6.31. The summed E-state index contributed by atoms with van der Waals surface area (Å²) < 4.78 is 0. The fraction of sp³-hybridized carbons (Fsp3) is 0.400. The molecule has 28 heavy (non-hydrogen) atoms. The lowest BCUT2D eigenvalue weighted by molar-refractivity contribution is -0.118. The maximum absolute atomic E-state index is 13.3. The minimum atomic E-state index is -0.437. The van der Waals surface area contributed by atoms with Crippen LogP contribution in [0.25, 0.3) is 0 Å². The van der Waals surface area contributed by atoms with Crippen LogP contribution in [0.15, 0.2) is 35.1 Å².